The topological polar surface area (TPSA) is 46.2 Å². The van der Waals surface area contributed by atoms with Gasteiger partial charge in [0.15, 0.2) is 23.0 Å². The highest BCUT2D eigenvalue weighted by Gasteiger charge is 2.30. The lowest BCUT2D eigenvalue weighted by Crippen LogP contribution is -2.09. The molecule has 0 aliphatic rings. The van der Waals surface area contributed by atoms with E-state index in [1.807, 2.05) is 0 Å². The standard InChI is InChI=1S/C54H75BrO5/c1-6-11-16-23-36-56-46-35-34-45-43-28-21-22-29-44(43)49-50(48(45)51(46)57-37-24-17-12-7-2)54(60-40-27-20-15-10-5)53(59-39-26-19-14-9-4)47(41-30-32-42(55)33-31-41)52(49)58-38-25-18-13-8-3/h21-22,28-35H,6-20,23-27,36-40H2,1-5H3. The lowest BCUT2D eigenvalue weighted by Gasteiger charge is -2.26. The molecule has 0 unspecified atom stereocenters. The average Bonchev–Trinajstić information content (AvgIpc) is 3.27. The van der Waals surface area contributed by atoms with Crippen molar-refractivity contribution in [2.45, 2.75) is 163 Å². The van der Waals surface area contributed by atoms with Crippen molar-refractivity contribution in [1.29, 1.82) is 0 Å². The number of benzene rings is 5. The van der Waals surface area contributed by atoms with Crippen LogP contribution in [0.4, 0.5) is 0 Å². The fourth-order valence-electron chi connectivity index (χ4n) is 8.23. The highest BCUT2D eigenvalue weighted by atomic mass is 79.9. The summed E-state index contributed by atoms with van der Waals surface area (Å²) in [6, 6.07) is 21.8. The average molecular weight is 884 g/mol. The van der Waals surface area contributed by atoms with Crippen LogP contribution in [0.3, 0.4) is 0 Å². The van der Waals surface area contributed by atoms with Crippen molar-refractivity contribution in [1.82, 2.24) is 0 Å². The molecule has 0 saturated carbocycles. The maximum absolute atomic E-state index is 7.22. The highest BCUT2D eigenvalue weighted by Crippen LogP contribution is 2.57. The first-order valence-electron chi connectivity index (χ1n) is 24.0. The molecule has 5 rings (SSSR count). The van der Waals surface area contributed by atoms with Crippen molar-refractivity contribution in [3.8, 4) is 39.9 Å². The Bertz CT molecular complexity index is 2000. The molecular formula is C54H75BrO5. The van der Waals surface area contributed by atoms with E-state index < -0.39 is 0 Å². The van der Waals surface area contributed by atoms with Crippen molar-refractivity contribution in [2.75, 3.05) is 33.0 Å². The molecule has 0 N–H and O–H groups in total. The fourth-order valence-corrected chi connectivity index (χ4v) is 8.49. The fraction of sp³-hybridized carbons (Fsp3) is 0.556. The van der Waals surface area contributed by atoms with E-state index in [0.29, 0.717) is 33.0 Å². The molecule has 0 saturated heterocycles. The number of hydrogen-bond acceptors (Lipinski definition) is 5. The van der Waals surface area contributed by atoms with Gasteiger partial charge in [0.05, 0.1) is 38.6 Å². The number of rotatable bonds is 31. The predicted octanol–water partition coefficient (Wildman–Crippen LogP) is 17.4. The highest BCUT2D eigenvalue weighted by molar-refractivity contribution is 9.10. The molecule has 0 aliphatic heterocycles. The van der Waals surface area contributed by atoms with Crippen LogP contribution in [0.15, 0.2) is 65.1 Å². The van der Waals surface area contributed by atoms with Gasteiger partial charge in [-0.2, -0.15) is 0 Å². The quantitative estimate of drug-likeness (QED) is 0.0328. The van der Waals surface area contributed by atoms with E-state index in [0.717, 1.165) is 141 Å². The van der Waals surface area contributed by atoms with Gasteiger partial charge in [-0.1, -0.05) is 183 Å². The molecule has 0 heterocycles. The molecule has 0 aromatic heterocycles. The van der Waals surface area contributed by atoms with E-state index in [-0.39, 0.29) is 0 Å². The van der Waals surface area contributed by atoms with Crippen LogP contribution in [0.25, 0.3) is 43.4 Å². The van der Waals surface area contributed by atoms with Crippen LogP contribution in [0.1, 0.15) is 163 Å². The minimum Gasteiger partial charge on any atom is -0.492 e. The Balaban J connectivity index is 1.91. The van der Waals surface area contributed by atoms with Gasteiger partial charge in [0.25, 0.3) is 0 Å². The van der Waals surface area contributed by atoms with E-state index in [2.05, 4.69) is 111 Å². The molecule has 328 valence electrons. The molecule has 0 amide bonds. The molecule has 6 heteroatoms. The maximum atomic E-state index is 7.22. The van der Waals surface area contributed by atoms with Crippen LogP contribution < -0.4 is 23.7 Å². The third kappa shape index (κ3) is 12.9. The summed E-state index contributed by atoms with van der Waals surface area (Å²) in [6.07, 6.45) is 22.4. The molecule has 0 atom stereocenters. The molecule has 0 spiro atoms. The molecule has 0 aliphatic carbocycles. The molecular weight excluding hydrogens is 808 g/mol. The van der Waals surface area contributed by atoms with Crippen molar-refractivity contribution < 1.29 is 23.7 Å². The van der Waals surface area contributed by atoms with Crippen LogP contribution >= 0.6 is 15.9 Å². The van der Waals surface area contributed by atoms with Crippen LogP contribution in [-0.4, -0.2) is 33.0 Å². The first-order chi connectivity index (χ1) is 29.6. The Morgan fingerprint density at radius 3 is 1.28 bits per heavy atom. The molecule has 0 radical (unpaired) electrons. The van der Waals surface area contributed by atoms with Crippen LogP contribution in [0.5, 0.6) is 28.7 Å². The second kappa shape index (κ2) is 26.6. The molecule has 5 aromatic rings. The monoisotopic (exact) mass is 882 g/mol. The normalized spacial score (nSPS) is 11.5. The number of ether oxygens (including phenoxy) is 5. The van der Waals surface area contributed by atoms with Gasteiger partial charge in [0.1, 0.15) is 5.75 Å². The van der Waals surface area contributed by atoms with Gasteiger partial charge >= 0.3 is 0 Å². The number of hydrogen-bond donors (Lipinski definition) is 0. The maximum Gasteiger partial charge on any atom is 0.173 e. The first-order valence-corrected chi connectivity index (χ1v) is 24.8. The van der Waals surface area contributed by atoms with E-state index in [1.54, 1.807) is 0 Å². The van der Waals surface area contributed by atoms with E-state index in [4.69, 9.17) is 23.7 Å². The Labute approximate surface area is 371 Å². The van der Waals surface area contributed by atoms with Crippen LogP contribution in [0.2, 0.25) is 0 Å². The third-order valence-electron chi connectivity index (χ3n) is 11.6. The summed E-state index contributed by atoms with van der Waals surface area (Å²) in [5.41, 5.74) is 2.00. The zero-order valence-corrected chi connectivity index (χ0v) is 39.5. The second-order valence-electron chi connectivity index (χ2n) is 16.5. The zero-order valence-electron chi connectivity index (χ0n) is 37.9. The summed E-state index contributed by atoms with van der Waals surface area (Å²) in [5.74, 6) is 3.98. The largest absolute Gasteiger partial charge is 0.492 e. The Morgan fingerprint density at radius 2 is 0.767 bits per heavy atom. The lowest BCUT2D eigenvalue weighted by molar-refractivity contribution is 0.258. The van der Waals surface area contributed by atoms with Gasteiger partial charge in [-0.05, 0) is 78.1 Å². The summed E-state index contributed by atoms with van der Waals surface area (Å²) in [6.45, 7) is 14.3. The smallest absolute Gasteiger partial charge is 0.173 e. The van der Waals surface area contributed by atoms with Crippen molar-refractivity contribution in [3.63, 3.8) is 0 Å². The summed E-state index contributed by atoms with van der Waals surface area (Å²) < 4.78 is 36.4. The van der Waals surface area contributed by atoms with Crippen LogP contribution in [0, 0.1) is 0 Å². The summed E-state index contributed by atoms with van der Waals surface area (Å²) >= 11 is 3.72. The Kier molecular flexibility index (Phi) is 21.1. The van der Waals surface area contributed by atoms with Gasteiger partial charge in [-0.3, -0.25) is 0 Å². The molecule has 5 aromatic carbocycles. The first kappa shape index (κ1) is 47.4. The van der Waals surface area contributed by atoms with Gasteiger partial charge < -0.3 is 23.7 Å². The lowest BCUT2D eigenvalue weighted by atomic mass is 9.89. The summed E-state index contributed by atoms with van der Waals surface area (Å²) in [7, 11) is 0. The number of unbranched alkanes of at least 4 members (excludes halogenated alkanes) is 15. The van der Waals surface area contributed by atoms with Gasteiger partial charge in [0, 0.05) is 20.6 Å². The number of halogens is 1. The van der Waals surface area contributed by atoms with Crippen molar-refractivity contribution in [3.05, 3.63) is 65.1 Å². The van der Waals surface area contributed by atoms with Gasteiger partial charge in [-0.25, -0.2) is 0 Å². The second-order valence-corrected chi connectivity index (χ2v) is 17.4. The zero-order chi connectivity index (χ0) is 42.4. The van der Waals surface area contributed by atoms with Gasteiger partial charge in [0.2, 0.25) is 0 Å². The van der Waals surface area contributed by atoms with E-state index >= 15 is 0 Å². The molecule has 0 bridgehead atoms. The van der Waals surface area contributed by atoms with E-state index in [1.165, 1.54) is 64.2 Å². The van der Waals surface area contributed by atoms with Crippen molar-refractivity contribution >= 4 is 48.2 Å². The molecule has 5 nitrogen and oxygen atoms in total. The molecule has 0 fully saturated rings. The predicted molar refractivity (Wildman–Crippen MR) is 260 cm³/mol. The minimum absolute atomic E-state index is 0.591. The third-order valence-corrected chi connectivity index (χ3v) is 12.1. The number of fused-ring (bicyclic) bond motifs is 6. The molecule has 60 heavy (non-hydrogen) atoms. The van der Waals surface area contributed by atoms with Crippen LogP contribution in [-0.2, 0) is 0 Å². The Morgan fingerprint density at radius 1 is 0.350 bits per heavy atom. The Hall–Kier alpha value is -3.64. The summed E-state index contributed by atoms with van der Waals surface area (Å²) in [4.78, 5) is 0. The minimum atomic E-state index is 0.591. The summed E-state index contributed by atoms with van der Waals surface area (Å²) in [5, 5.41) is 6.47. The van der Waals surface area contributed by atoms with Crippen molar-refractivity contribution in [2.24, 2.45) is 0 Å². The van der Waals surface area contributed by atoms with Gasteiger partial charge in [-0.15, -0.1) is 0 Å². The SMILES string of the molecule is CCCCCCOc1ccc2c3ccccc3c3c(OCCCCCC)c(-c4ccc(Br)cc4)c(OCCCCCC)c(OCCCCCC)c3c2c1OCCCCCC. The van der Waals surface area contributed by atoms with E-state index in [9.17, 15) is 0 Å².